The molecule has 2 aromatic carbocycles. The average molecular weight is 373 g/mol. The standard InChI is InChI=1S/C18H14N2O5S/c19-10-12-6-8-14(9-7-12)16-15(21)17(18(20)24-16)25-26(22,23)11-13-4-2-1-3-5-13/h1-9,16H,11,20H2/t16-/m1/s1/i11D2,16D. The van der Waals surface area contributed by atoms with Crippen molar-refractivity contribution < 1.29 is 26.2 Å². The fourth-order valence-corrected chi connectivity index (χ4v) is 3.01. The Hall–Kier alpha value is -3.31. The third-order valence-corrected chi connectivity index (χ3v) is 4.21. The minimum atomic E-state index is -5.04. The van der Waals surface area contributed by atoms with Crippen molar-refractivity contribution in [3.05, 3.63) is 82.9 Å². The zero-order valence-corrected chi connectivity index (χ0v) is 14.0. The third kappa shape index (κ3) is 3.68. The number of nitrogens with two attached hydrogens (primary N) is 1. The summed E-state index contributed by atoms with van der Waals surface area (Å²) in [6.07, 6.45) is -2.43. The van der Waals surface area contributed by atoms with Gasteiger partial charge >= 0.3 is 10.1 Å². The summed E-state index contributed by atoms with van der Waals surface area (Å²) in [6.45, 7) is 0. The van der Waals surface area contributed by atoms with E-state index in [4.69, 9.17) is 24.0 Å². The summed E-state index contributed by atoms with van der Waals surface area (Å²) in [6, 6.07) is 14.1. The molecule has 132 valence electrons. The predicted octanol–water partition coefficient (Wildman–Crippen LogP) is 1.87. The Morgan fingerprint density at radius 3 is 2.50 bits per heavy atom. The van der Waals surface area contributed by atoms with Crippen molar-refractivity contribution in [1.29, 1.82) is 5.26 Å². The molecule has 1 atom stereocenters. The molecule has 8 heteroatoms. The molecule has 0 radical (unpaired) electrons. The van der Waals surface area contributed by atoms with Gasteiger partial charge in [0.25, 0.3) is 0 Å². The van der Waals surface area contributed by atoms with Crippen LogP contribution < -0.4 is 5.73 Å². The van der Waals surface area contributed by atoms with Crippen LogP contribution in [0.2, 0.25) is 0 Å². The van der Waals surface area contributed by atoms with Gasteiger partial charge in [-0.25, -0.2) is 0 Å². The third-order valence-electron chi connectivity index (χ3n) is 3.33. The van der Waals surface area contributed by atoms with Crippen LogP contribution >= 0.6 is 0 Å². The Labute approximate surface area is 154 Å². The van der Waals surface area contributed by atoms with Crippen LogP contribution in [0.3, 0.4) is 0 Å². The number of benzene rings is 2. The van der Waals surface area contributed by atoms with Crippen LogP contribution in [0, 0.1) is 11.3 Å². The number of hydrogen-bond acceptors (Lipinski definition) is 7. The van der Waals surface area contributed by atoms with Gasteiger partial charge in [-0.2, -0.15) is 13.7 Å². The number of carbonyl (C=O) groups excluding carboxylic acids is 1. The SMILES string of the molecule is [2H]C([2H])(c1ccccc1)S(=O)(=O)OC1=C(N)O[C@]([2H])(c2ccc(C#N)cc2)C1=O. The highest BCUT2D eigenvalue weighted by atomic mass is 32.2. The topological polar surface area (TPSA) is 119 Å². The Kier molecular flexibility index (Phi) is 3.69. The van der Waals surface area contributed by atoms with Gasteiger partial charge in [-0.1, -0.05) is 42.5 Å². The van der Waals surface area contributed by atoms with Crippen LogP contribution in [0.25, 0.3) is 0 Å². The lowest BCUT2D eigenvalue weighted by Gasteiger charge is -2.09. The van der Waals surface area contributed by atoms with E-state index in [9.17, 15) is 13.2 Å². The highest BCUT2D eigenvalue weighted by Crippen LogP contribution is 2.32. The molecule has 1 aliphatic rings. The molecule has 2 aromatic rings. The number of rotatable bonds is 5. The number of hydrogen-bond donors (Lipinski definition) is 1. The molecular formula is C18H14N2O5S. The quantitative estimate of drug-likeness (QED) is 0.795. The Balaban J connectivity index is 1.92. The van der Waals surface area contributed by atoms with Gasteiger partial charge in [-0.15, -0.1) is 0 Å². The summed E-state index contributed by atoms with van der Waals surface area (Å²) in [4.78, 5) is 12.7. The van der Waals surface area contributed by atoms with Gasteiger partial charge in [0.2, 0.25) is 17.4 Å². The Bertz CT molecular complexity index is 1140. The summed E-state index contributed by atoms with van der Waals surface area (Å²) >= 11 is 0. The zero-order valence-electron chi connectivity index (χ0n) is 16.2. The van der Waals surface area contributed by atoms with E-state index in [1.54, 1.807) is 6.07 Å². The molecule has 0 aromatic heterocycles. The molecule has 2 N–H and O–H groups in total. The second kappa shape index (κ2) is 6.90. The first-order valence-electron chi connectivity index (χ1n) is 8.76. The normalized spacial score (nSPS) is 22.0. The average Bonchev–Trinajstić information content (AvgIpc) is 2.92. The molecule has 0 saturated heterocycles. The lowest BCUT2D eigenvalue weighted by atomic mass is 10.0. The van der Waals surface area contributed by atoms with Crippen LogP contribution in [-0.2, 0) is 29.5 Å². The molecule has 0 spiro atoms. The molecule has 0 saturated carbocycles. The smallest absolute Gasteiger partial charge is 0.313 e. The fraction of sp³-hybridized carbons (Fsp3) is 0.111. The highest BCUT2D eigenvalue weighted by Gasteiger charge is 2.39. The maximum Gasteiger partial charge on any atom is 0.313 e. The largest absolute Gasteiger partial charge is 0.460 e. The van der Waals surface area contributed by atoms with Gasteiger partial charge < -0.3 is 14.7 Å². The number of Topliss-reactive ketones (excluding diaryl/α,β-unsaturated/α-hetero) is 1. The number of nitriles is 1. The monoisotopic (exact) mass is 373 g/mol. The molecule has 26 heavy (non-hydrogen) atoms. The first-order valence-corrected chi connectivity index (χ1v) is 8.67. The number of ether oxygens (including phenoxy) is 1. The maximum absolute atomic E-state index is 12.7. The van der Waals surface area contributed by atoms with Crippen molar-refractivity contribution in [2.75, 3.05) is 0 Å². The summed E-state index contributed by atoms with van der Waals surface area (Å²) in [7, 11) is -5.04. The van der Waals surface area contributed by atoms with Crippen LogP contribution in [0.5, 0.6) is 0 Å². The number of nitrogens with zero attached hydrogens (tertiary/aromatic N) is 1. The molecule has 3 rings (SSSR count). The van der Waals surface area contributed by atoms with Crippen LogP contribution in [0.4, 0.5) is 0 Å². The maximum atomic E-state index is 12.7. The Morgan fingerprint density at radius 2 is 1.88 bits per heavy atom. The van der Waals surface area contributed by atoms with E-state index in [-0.39, 0.29) is 16.7 Å². The number of ketones is 1. The van der Waals surface area contributed by atoms with Crippen molar-refractivity contribution in [1.82, 2.24) is 0 Å². The lowest BCUT2D eigenvalue weighted by Crippen LogP contribution is -2.16. The van der Waals surface area contributed by atoms with E-state index in [0.29, 0.717) is 0 Å². The molecule has 1 heterocycles. The van der Waals surface area contributed by atoms with Crippen LogP contribution in [0.1, 0.15) is 26.9 Å². The van der Waals surface area contributed by atoms with Gasteiger partial charge in [0.05, 0.1) is 15.7 Å². The predicted molar refractivity (Wildman–Crippen MR) is 91.4 cm³/mol. The van der Waals surface area contributed by atoms with E-state index in [1.807, 2.05) is 6.07 Å². The first kappa shape index (κ1) is 13.9. The van der Waals surface area contributed by atoms with Gasteiger partial charge in [0, 0.05) is 5.56 Å². The molecule has 1 aliphatic heterocycles. The molecular weight excluding hydrogens is 356 g/mol. The van der Waals surface area contributed by atoms with Crippen molar-refractivity contribution in [2.45, 2.75) is 11.8 Å². The first-order chi connectivity index (χ1) is 13.5. The highest BCUT2D eigenvalue weighted by molar-refractivity contribution is 7.86. The van der Waals surface area contributed by atoms with Crippen molar-refractivity contribution in [3.63, 3.8) is 0 Å². The van der Waals surface area contributed by atoms with Crippen LogP contribution in [0.15, 0.2) is 66.2 Å². The molecule has 0 amide bonds. The molecule has 0 aliphatic carbocycles. The van der Waals surface area contributed by atoms with Gasteiger partial charge in [0.1, 0.15) is 5.70 Å². The van der Waals surface area contributed by atoms with Crippen molar-refractivity contribution >= 4 is 15.9 Å². The molecule has 0 bridgehead atoms. The van der Waals surface area contributed by atoms with Crippen LogP contribution in [-0.4, -0.2) is 14.2 Å². The minimum Gasteiger partial charge on any atom is -0.460 e. The second-order valence-corrected chi connectivity index (χ2v) is 6.43. The van der Waals surface area contributed by atoms with Gasteiger partial charge in [-0.05, 0) is 17.7 Å². The summed E-state index contributed by atoms with van der Waals surface area (Å²) in [5, 5.41) is 8.85. The summed E-state index contributed by atoms with van der Waals surface area (Å²) in [5.41, 5.74) is 2.64. The molecule has 0 unspecified atom stereocenters. The lowest BCUT2D eigenvalue weighted by molar-refractivity contribution is -0.123. The van der Waals surface area contributed by atoms with Gasteiger partial charge in [0.15, 0.2) is 6.08 Å². The summed E-state index contributed by atoms with van der Waals surface area (Å²) < 4.78 is 59.0. The van der Waals surface area contributed by atoms with E-state index in [2.05, 4.69) is 0 Å². The summed E-state index contributed by atoms with van der Waals surface area (Å²) in [5.74, 6) is -2.96. The Morgan fingerprint density at radius 1 is 1.23 bits per heavy atom. The number of carbonyl (C=O) groups is 1. The zero-order chi connectivity index (χ0) is 21.4. The fourth-order valence-electron chi connectivity index (χ4n) is 2.16. The second-order valence-electron chi connectivity index (χ2n) is 5.15. The van der Waals surface area contributed by atoms with Gasteiger partial charge in [-0.3, -0.25) is 4.79 Å². The van der Waals surface area contributed by atoms with Crippen molar-refractivity contribution in [3.8, 4) is 6.07 Å². The van der Waals surface area contributed by atoms with Crippen molar-refractivity contribution in [2.24, 2.45) is 5.73 Å². The molecule has 0 fully saturated rings. The van der Waals surface area contributed by atoms with E-state index < -0.39 is 39.3 Å². The van der Waals surface area contributed by atoms with E-state index in [1.165, 1.54) is 48.5 Å². The molecule has 7 nitrogen and oxygen atoms in total. The van der Waals surface area contributed by atoms with E-state index in [0.717, 1.165) is 0 Å². The van der Waals surface area contributed by atoms with E-state index >= 15 is 0 Å². The minimum absolute atomic E-state index is 0.00785.